The summed E-state index contributed by atoms with van der Waals surface area (Å²) in [5, 5.41) is 13.8. The van der Waals surface area contributed by atoms with Gasteiger partial charge in [0.2, 0.25) is 0 Å². The minimum atomic E-state index is -0.661. The molecule has 4 nitrogen and oxygen atoms in total. The lowest BCUT2D eigenvalue weighted by Gasteiger charge is -2.35. The topological polar surface area (TPSA) is 58.6 Å². The number of thioether (sulfide) groups is 1. The standard InChI is InChI=1S/C15H27NO3S/c1-3-10-20-11-9-16-12-15(18)7-5-13(6-8-15)14(17)19-4-2/h3,13,16,18H,1,4-12H2,2H3. The summed E-state index contributed by atoms with van der Waals surface area (Å²) in [6, 6.07) is 0. The molecule has 0 heterocycles. The van der Waals surface area contributed by atoms with Crippen LogP contribution in [0.3, 0.4) is 0 Å². The van der Waals surface area contributed by atoms with Crippen molar-refractivity contribution in [1.82, 2.24) is 5.32 Å². The average molecular weight is 301 g/mol. The summed E-state index contributed by atoms with van der Waals surface area (Å²) >= 11 is 1.83. The number of aliphatic hydroxyl groups is 1. The van der Waals surface area contributed by atoms with Gasteiger partial charge < -0.3 is 15.2 Å². The summed E-state index contributed by atoms with van der Waals surface area (Å²) in [6.07, 6.45) is 4.69. The fraction of sp³-hybridized carbons (Fsp3) is 0.800. The molecule has 0 saturated heterocycles. The van der Waals surface area contributed by atoms with E-state index in [1.165, 1.54) is 0 Å². The summed E-state index contributed by atoms with van der Waals surface area (Å²) in [4.78, 5) is 11.6. The number of hydrogen-bond donors (Lipinski definition) is 2. The van der Waals surface area contributed by atoms with E-state index >= 15 is 0 Å². The van der Waals surface area contributed by atoms with E-state index in [0.29, 0.717) is 26.0 Å². The first-order valence-electron chi connectivity index (χ1n) is 7.39. The van der Waals surface area contributed by atoms with Crippen molar-refractivity contribution >= 4 is 17.7 Å². The van der Waals surface area contributed by atoms with Crippen LogP contribution < -0.4 is 5.32 Å². The molecule has 0 aliphatic heterocycles. The first kappa shape index (κ1) is 17.5. The van der Waals surface area contributed by atoms with Crippen molar-refractivity contribution in [1.29, 1.82) is 0 Å². The third-order valence-corrected chi connectivity index (χ3v) is 4.61. The van der Waals surface area contributed by atoms with E-state index in [1.807, 2.05) is 24.8 Å². The molecule has 5 heteroatoms. The van der Waals surface area contributed by atoms with Gasteiger partial charge in [-0.3, -0.25) is 4.79 Å². The van der Waals surface area contributed by atoms with Crippen LogP contribution in [-0.4, -0.2) is 47.9 Å². The quantitative estimate of drug-likeness (QED) is 0.387. The Balaban J connectivity index is 2.18. The molecule has 0 bridgehead atoms. The molecule has 116 valence electrons. The predicted molar refractivity (Wildman–Crippen MR) is 83.9 cm³/mol. The zero-order valence-electron chi connectivity index (χ0n) is 12.4. The maximum Gasteiger partial charge on any atom is 0.308 e. The molecule has 1 rings (SSSR count). The second-order valence-corrected chi connectivity index (χ2v) is 6.44. The van der Waals surface area contributed by atoms with Gasteiger partial charge in [-0.25, -0.2) is 0 Å². The molecule has 0 spiro atoms. The number of ether oxygens (including phenoxy) is 1. The fourth-order valence-electron chi connectivity index (χ4n) is 2.46. The number of hydrogen-bond acceptors (Lipinski definition) is 5. The van der Waals surface area contributed by atoms with E-state index < -0.39 is 5.60 Å². The largest absolute Gasteiger partial charge is 0.466 e. The van der Waals surface area contributed by atoms with Crippen LogP contribution in [0.15, 0.2) is 12.7 Å². The molecule has 2 N–H and O–H groups in total. The van der Waals surface area contributed by atoms with E-state index in [-0.39, 0.29) is 11.9 Å². The molecule has 1 aliphatic carbocycles. The van der Waals surface area contributed by atoms with Crippen molar-refractivity contribution in [2.24, 2.45) is 5.92 Å². The van der Waals surface area contributed by atoms with Crippen molar-refractivity contribution in [2.45, 2.75) is 38.2 Å². The number of rotatable bonds is 9. The molecular weight excluding hydrogens is 274 g/mol. The molecule has 1 fully saturated rings. The lowest BCUT2D eigenvalue weighted by atomic mass is 9.79. The van der Waals surface area contributed by atoms with Crippen molar-refractivity contribution in [3.63, 3.8) is 0 Å². The maximum atomic E-state index is 11.6. The first-order valence-corrected chi connectivity index (χ1v) is 8.55. The van der Waals surface area contributed by atoms with Gasteiger partial charge in [0.25, 0.3) is 0 Å². The second-order valence-electron chi connectivity index (χ2n) is 5.29. The molecule has 0 aromatic heterocycles. The van der Waals surface area contributed by atoms with E-state index in [4.69, 9.17) is 4.74 Å². The van der Waals surface area contributed by atoms with Crippen LogP contribution in [0.25, 0.3) is 0 Å². The summed E-state index contributed by atoms with van der Waals surface area (Å²) in [5.41, 5.74) is -0.661. The highest BCUT2D eigenvalue weighted by molar-refractivity contribution is 7.99. The Labute approximate surface area is 126 Å². The van der Waals surface area contributed by atoms with Gasteiger partial charge >= 0.3 is 5.97 Å². The van der Waals surface area contributed by atoms with Crippen molar-refractivity contribution in [3.8, 4) is 0 Å². The van der Waals surface area contributed by atoms with Crippen LogP contribution in [0, 0.1) is 5.92 Å². The Hall–Kier alpha value is -0.520. The number of carbonyl (C=O) groups excluding carboxylic acids is 1. The minimum Gasteiger partial charge on any atom is -0.466 e. The average Bonchev–Trinajstić information content (AvgIpc) is 2.44. The van der Waals surface area contributed by atoms with Crippen LogP contribution >= 0.6 is 11.8 Å². The van der Waals surface area contributed by atoms with E-state index in [0.717, 1.165) is 30.9 Å². The molecule has 0 amide bonds. The van der Waals surface area contributed by atoms with Gasteiger partial charge in [-0.15, -0.1) is 6.58 Å². The van der Waals surface area contributed by atoms with E-state index in [2.05, 4.69) is 11.9 Å². The van der Waals surface area contributed by atoms with Gasteiger partial charge in [-0.05, 0) is 32.6 Å². The third kappa shape index (κ3) is 6.29. The second kappa shape index (κ2) is 9.42. The van der Waals surface area contributed by atoms with Crippen LogP contribution in [0.1, 0.15) is 32.6 Å². The van der Waals surface area contributed by atoms with Gasteiger partial charge in [-0.1, -0.05) is 6.08 Å². The van der Waals surface area contributed by atoms with Crippen molar-refractivity contribution in [2.75, 3.05) is 31.2 Å². The highest BCUT2D eigenvalue weighted by Crippen LogP contribution is 2.32. The van der Waals surface area contributed by atoms with Crippen LogP contribution in [0.5, 0.6) is 0 Å². The van der Waals surface area contributed by atoms with Gasteiger partial charge in [0.1, 0.15) is 0 Å². The molecule has 0 atom stereocenters. The van der Waals surface area contributed by atoms with Gasteiger partial charge in [-0.2, -0.15) is 11.8 Å². The van der Waals surface area contributed by atoms with Gasteiger partial charge in [0, 0.05) is 24.6 Å². The Bertz CT molecular complexity index is 301. The van der Waals surface area contributed by atoms with Crippen LogP contribution in [-0.2, 0) is 9.53 Å². The molecule has 20 heavy (non-hydrogen) atoms. The number of carbonyl (C=O) groups is 1. The molecule has 0 radical (unpaired) electrons. The van der Waals surface area contributed by atoms with E-state index in [1.54, 1.807) is 0 Å². The molecule has 0 unspecified atom stereocenters. The maximum absolute atomic E-state index is 11.6. The molecular formula is C15H27NO3S. The Morgan fingerprint density at radius 1 is 1.55 bits per heavy atom. The minimum absolute atomic E-state index is 0.0293. The van der Waals surface area contributed by atoms with Gasteiger partial charge in [0.05, 0.1) is 18.1 Å². The Morgan fingerprint density at radius 2 is 2.25 bits per heavy atom. The summed E-state index contributed by atoms with van der Waals surface area (Å²) in [5.74, 6) is 1.85. The molecule has 1 saturated carbocycles. The fourth-order valence-corrected chi connectivity index (χ4v) is 3.08. The van der Waals surface area contributed by atoms with Crippen molar-refractivity contribution in [3.05, 3.63) is 12.7 Å². The monoisotopic (exact) mass is 301 g/mol. The molecule has 1 aliphatic rings. The lowest BCUT2D eigenvalue weighted by Crippen LogP contribution is -2.45. The summed E-state index contributed by atoms with van der Waals surface area (Å²) in [6.45, 7) is 7.44. The van der Waals surface area contributed by atoms with Crippen LogP contribution in [0.4, 0.5) is 0 Å². The molecule has 0 aromatic carbocycles. The lowest BCUT2D eigenvalue weighted by molar-refractivity contribution is -0.151. The Morgan fingerprint density at radius 3 is 2.85 bits per heavy atom. The first-order chi connectivity index (χ1) is 9.61. The molecule has 0 aromatic rings. The van der Waals surface area contributed by atoms with E-state index in [9.17, 15) is 9.90 Å². The highest BCUT2D eigenvalue weighted by atomic mass is 32.2. The Kier molecular flexibility index (Phi) is 8.26. The summed E-state index contributed by atoms with van der Waals surface area (Å²) in [7, 11) is 0. The number of nitrogens with one attached hydrogen (secondary N) is 1. The predicted octanol–water partition coefficient (Wildman–Crippen LogP) is 1.98. The SMILES string of the molecule is C=CCSCCNCC1(O)CCC(C(=O)OCC)CC1. The van der Waals surface area contributed by atoms with Crippen LogP contribution in [0.2, 0.25) is 0 Å². The number of esters is 1. The van der Waals surface area contributed by atoms with Crippen molar-refractivity contribution < 1.29 is 14.6 Å². The smallest absolute Gasteiger partial charge is 0.308 e. The summed E-state index contributed by atoms with van der Waals surface area (Å²) < 4.78 is 5.04. The zero-order valence-corrected chi connectivity index (χ0v) is 13.2. The third-order valence-electron chi connectivity index (χ3n) is 3.65. The normalized spacial score (nSPS) is 26.2. The highest BCUT2D eigenvalue weighted by Gasteiger charge is 2.35. The zero-order chi connectivity index (χ0) is 14.8. The van der Waals surface area contributed by atoms with Gasteiger partial charge in [0.15, 0.2) is 0 Å².